The fraction of sp³-hybridized carbons (Fsp3) is 0.500. The highest BCUT2D eigenvalue weighted by molar-refractivity contribution is 5.75. The van der Waals surface area contributed by atoms with Crippen LogP contribution in [0.4, 0.5) is 5.82 Å². The molecule has 3 N–H and O–H groups in total. The van der Waals surface area contributed by atoms with Crippen LogP contribution in [-0.2, 0) is 11.3 Å². The second-order valence-electron chi connectivity index (χ2n) is 2.85. The topological polar surface area (TPSA) is 72.9 Å². The molecule has 1 amide bonds. The number of anilines is 1. The minimum absolute atomic E-state index is 0.0509. The lowest BCUT2D eigenvalue weighted by molar-refractivity contribution is -0.121. The number of carbonyl (C=O) groups excluding carboxylic acids is 1. The second kappa shape index (κ2) is 3.93. The molecule has 0 spiro atoms. The van der Waals surface area contributed by atoms with Crippen molar-refractivity contribution < 1.29 is 4.79 Å². The number of amides is 1. The molecule has 1 aromatic rings. The monoisotopic (exact) mass is 182 g/mol. The largest absolute Gasteiger partial charge is 0.382 e. The van der Waals surface area contributed by atoms with Crippen molar-refractivity contribution in [3.05, 3.63) is 11.8 Å². The van der Waals surface area contributed by atoms with Gasteiger partial charge in [0.1, 0.15) is 12.4 Å². The van der Waals surface area contributed by atoms with Gasteiger partial charge in [0.25, 0.3) is 0 Å². The number of rotatable bonds is 3. The van der Waals surface area contributed by atoms with Crippen molar-refractivity contribution in [2.24, 2.45) is 0 Å². The van der Waals surface area contributed by atoms with Crippen molar-refractivity contribution in [2.75, 3.05) is 12.3 Å². The van der Waals surface area contributed by atoms with E-state index in [1.54, 1.807) is 6.20 Å². The Morgan fingerprint density at radius 1 is 1.77 bits per heavy atom. The molecule has 0 aliphatic rings. The zero-order chi connectivity index (χ0) is 9.84. The first-order valence-electron chi connectivity index (χ1n) is 4.19. The van der Waals surface area contributed by atoms with Crippen LogP contribution in [0.3, 0.4) is 0 Å². The third kappa shape index (κ3) is 2.47. The fourth-order valence-corrected chi connectivity index (χ4v) is 1.02. The minimum atomic E-state index is -0.0509. The number of nitrogens with two attached hydrogens (primary N) is 1. The summed E-state index contributed by atoms with van der Waals surface area (Å²) in [7, 11) is 0. The molecule has 0 aliphatic heterocycles. The summed E-state index contributed by atoms with van der Waals surface area (Å²) < 4.78 is 1.54. The molecule has 1 heterocycles. The Bertz CT molecular complexity index is 286. The number of aryl methyl sites for hydroxylation is 1. The number of likely N-dealkylation sites (N-methyl/N-ethyl adjacent to an activating group) is 1. The molecule has 0 saturated heterocycles. The van der Waals surface area contributed by atoms with Crippen LogP contribution in [0.2, 0.25) is 0 Å². The average Bonchev–Trinajstić information content (AvgIpc) is 2.31. The summed E-state index contributed by atoms with van der Waals surface area (Å²) in [5.41, 5.74) is 6.42. The van der Waals surface area contributed by atoms with Gasteiger partial charge in [0, 0.05) is 18.3 Å². The van der Waals surface area contributed by atoms with Gasteiger partial charge in [-0.3, -0.25) is 9.48 Å². The normalized spacial score (nSPS) is 10.0. The fourth-order valence-electron chi connectivity index (χ4n) is 1.02. The van der Waals surface area contributed by atoms with Gasteiger partial charge in [0.2, 0.25) is 5.91 Å². The van der Waals surface area contributed by atoms with Gasteiger partial charge in [-0.25, -0.2) is 0 Å². The lowest BCUT2D eigenvalue weighted by atomic mass is 10.4. The quantitative estimate of drug-likeness (QED) is 0.686. The van der Waals surface area contributed by atoms with Crippen molar-refractivity contribution in [2.45, 2.75) is 20.4 Å². The molecule has 0 aliphatic carbocycles. The number of nitrogen functional groups attached to an aromatic ring is 1. The van der Waals surface area contributed by atoms with Crippen molar-refractivity contribution >= 4 is 11.7 Å². The number of aromatic nitrogens is 2. The molecule has 1 rings (SSSR count). The first-order chi connectivity index (χ1) is 6.13. The van der Waals surface area contributed by atoms with Crippen LogP contribution in [-0.4, -0.2) is 22.2 Å². The Hall–Kier alpha value is -1.52. The molecule has 13 heavy (non-hydrogen) atoms. The van der Waals surface area contributed by atoms with Crippen LogP contribution in [0.25, 0.3) is 0 Å². The molecule has 0 radical (unpaired) electrons. The smallest absolute Gasteiger partial charge is 0.241 e. The van der Waals surface area contributed by atoms with E-state index in [2.05, 4.69) is 10.4 Å². The van der Waals surface area contributed by atoms with E-state index >= 15 is 0 Å². The van der Waals surface area contributed by atoms with E-state index in [1.807, 2.05) is 13.8 Å². The molecule has 1 aromatic heterocycles. The van der Waals surface area contributed by atoms with E-state index in [9.17, 15) is 4.79 Å². The highest BCUT2D eigenvalue weighted by Crippen LogP contribution is 2.05. The number of hydrogen-bond acceptors (Lipinski definition) is 3. The average molecular weight is 182 g/mol. The molecule has 0 saturated carbocycles. The Balaban J connectivity index is 2.59. The molecule has 72 valence electrons. The number of hydrogen-bond donors (Lipinski definition) is 2. The van der Waals surface area contributed by atoms with Gasteiger partial charge in [-0.2, -0.15) is 5.10 Å². The zero-order valence-corrected chi connectivity index (χ0v) is 7.87. The van der Waals surface area contributed by atoms with Crippen LogP contribution in [0.1, 0.15) is 12.5 Å². The lowest BCUT2D eigenvalue weighted by Gasteiger charge is -2.00. The summed E-state index contributed by atoms with van der Waals surface area (Å²) in [5.74, 6) is 0.425. The van der Waals surface area contributed by atoms with E-state index in [-0.39, 0.29) is 12.5 Å². The maximum atomic E-state index is 11.1. The minimum Gasteiger partial charge on any atom is -0.382 e. The molecule has 0 bridgehead atoms. The predicted molar refractivity (Wildman–Crippen MR) is 50.1 cm³/mol. The van der Waals surface area contributed by atoms with E-state index in [0.717, 1.165) is 5.56 Å². The highest BCUT2D eigenvalue weighted by atomic mass is 16.2. The Labute approximate surface area is 76.9 Å². The molecule has 0 atom stereocenters. The third-order valence-corrected chi connectivity index (χ3v) is 1.66. The Morgan fingerprint density at radius 3 is 2.92 bits per heavy atom. The van der Waals surface area contributed by atoms with E-state index in [4.69, 9.17) is 5.73 Å². The number of nitrogens with one attached hydrogen (secondary N) is 1. The summed E-state index contributed by atoms with van der Waals surface area (Å²) in [4.78, 5) is 11.1. The summed E-state index contributed by atoms with van der Waals surface area (Å²) in [6, 6.07) is 0. The molecule has 5 nitrogen and oxygen atoms in total. The predicted octanol–water partition coefficient (Wildman–Crippen LogP) is -0.0902. The number of carbonyl (C=O) groups is 1. The van der Waals surface area contributed by atoms with Crippen LogP contribution in [0, 0.1) is 6.92 Å². The van der Waals surface area contributed by atoms with Gasteiger partial charge in [-0.1, -0.05) is 0 Å². The Kier molecular flexibility index (Phi) is 2.89. The maximum absolute atomic E-state index is 11.1. The van der Waals surface area contributed by atoms with E-state index in [1.165, 1.54) is 4.68 Å². The SMILES string of the molecule is CCNC(=O)Cn1cc(C)c(N)n1. The summed E-state index contributed by atoms with van der Waals surface area (Å²) in [6.45, 7) is 4.59. The summed E-state index contributed by atoms with van der Waals surface area (Å²) in [6.07, 6.45) is 1.75. The summed E-state index contributed by atoms with van der Waals surface area (Å²) >= 11 is 0. The maximum Gasteiger partial charge on any atom is 0.241 e. The highest BCUT2D eigenvalue weighted by Gasteiger charge is 2.04. The molecule has 0 aromatic carbocycles. The number of nitrogens with zero attached hydrogens (tertiary/aromatic N) is 2. The molecule has 0 unspecified atom stereocenters. The molecule has 0 fully saturated rings. The third-order valence-electron chi connectivity index (χ3n) is 1.66. The van der Waals surface area contributed by atoms with Crippen LogP contribution in [0.5, 0.6) is 0 Å². The zero-order valence-electron chi connectivity index (χ0n) is 7.87. The van der Waals surface area contributed by atoms with E-state index < -0.39 is 0 Å². The van der Waals surface area contributed by atoms with Gasteiger partial charge in [-0.05, 0) is 13.8 Å². The van der Waals surface area contributed by atoms with Gasteiger partial charge < -0.3 is 11.1 Å². The van der Waals surface area contributed by atoms with Gasteiger partial charge in [0.05, 0.1) is 0 Å². The Morgan fingerprint density at radius 2 is 2.46 bits per heavy atom. The molecular formula is C8H14N4O. The van der Waals surface area contributed by atoms with Crippen LogP contribution in [0.15, 0.2) is 6.20 Å². The van der Waals surface area contributed by atoms with Crippen molar-refractivity contribution in [3.8, 4) is 0 Å². The van der Waals surface area contributed by atoms with Crippen molar-refractivity contribution in [1.82, 2.24) is 15.1 Å². The second-order valence-corrected chi connectivity index (χ2v) is 2.85. The van der Waals surface area contributed by atoms with Crippen molar-refractivity contribution in [3.63, 3.8) is 0 Å². The standard InChI is InChI=1S/C8H14N4O/c1-3-10-7(13)5-12-4-6(2)8(9)11-12/h4H,3,5H2,1-2H3,(H2,9,11)(H,10,13). The van der Waals surface area contributed by atoms with Gasteiger partial charge in [-0.15, -0.1) is 0 Å². The van der Waals surface area contributed by atoms with Gasteiger partial charge in [0.15, 0.2) is 0 Å². The first kappa shape index (κ1) is 9.57. The summed E-state index contributed by atoms with van der Waals surface area (Å²) in [5, 5.41) is 6.65. The van der Waals surface area contributed by atoms with Crippen LogP contribution < -0.4 is 11.1 Å². The molecular weight excluding hydrogens is 168 g/mol. The van der Waals surface area contributed by atoms with E-state index in [0.29, 0.717) is 12.4 Å². The first-order valence-corrected chi connectivity index (χ1v) is 4.19. The lowest BCUT2D eigenvalue weighted by Crippen LogP contribution is -2.27. The molecule has 5 heteroatoms. The van der Waals surface area contributed by atoms with Gasteiger partial charge >= 0.3 is 0 Å². The van der Waals surface area contributed by atoms with Crippen molar-refractivity contribution in [1.29, 1.82) is 0 Å². The van der Waals surface area contributed by atoms with Crippen LogP contribution >= 0.6 is 0 Å².